The molecule has 0 fully saturated rings. The van der Waals surface area contributed by atoms with E-state index in [4.69, 9.17) is 9.90 Å². The number of amides is 1. The number of nitrogens with two attached hydrogens (primary N) is 1. The van der Waals surface area contributed by atoms with Crippen LogP contribution in [0.5, 0.6) is 0 Å². The van der Waals surface area contributed by atoms with Gasteiger partial charge in [0, 0.05) is 0 Å². The van der Waals surface area contributed by atoms with E-state index in [0.29, 0.717) is 0 Å². The molecule has 1 radical (unpaired) electrons. The van der Waals surface area contributed by atoms with E-state index in [9.17, 15) is 13.2 Å². The molecule has 0 aliphatic heterocycles. The maximum Gasteiger partial charge on any atom is 0.470 e. The summed E-state index contributed by atoms with van der Waals surface area (Å²) in [5.41, 5.74) is 3.81. The van der Waals surface area contributed by atoms with Gasteiger partial charge in [0.2, 0.25) is 0 Å². The Labute approximate surface area is 49.3 Å². The highest BCUT2D eigenvalue weighted by atomic mass is 19.4. The fourth-order valence-electron chi connectivity index (χ4n) is 0. The van der Waals surface area contributed by atoms with Gasteiger partial charge in [0.05, 0.1) is 7.11 Å². The number of carbonyl (C=O) groups is 1. The maximum absolute atomic E-state index is 10.7. The normalized spacial score (nSPS) is 9.44. The maximum atomic E-state index is 10.7. The van der Waals surface area contributed by atoms with Crippen LogP contribution in [0.1, 0.15) is 0 Å². The van der Waals surface area contributed by atoms with Gasteiger partial charge in [-0.1, -0.05) is 0 Å². The van der Waals surface area contributed by atoms with Crippen LogP contribution in [0.15, 0.2) is 0 Å². The van der Waals surface area contributed by atoms with Crippen molar-refractivity contribution in [3.8, 4) is 0 Å². The molecule has 0 heterocycles. The second-order valence-electron chi connectivity index (χ2n) is 0.862. The molecule has 0 aliphatic rings. The minimum Gasteiger partial charge on any atom is -0.362 e. The lowest BCUT2D eigenvalue weighted by Gasteiger charge is -1.95. The van der Waals surface area contributed by atoms with Crippen molar-refractivity contribution in [3.05, 3.63) is 0 Å². The van der Waals surface area contributed by atoms with E-state index in [-0.39, 0.29) is 0 Å². The van der Waals surface area contributed by atoms with Crippen molar-refractivity contribution in [3.63, 3.8) is 0 Å². The van der Waals surface area contributed by atoms with Crippen LogP contribution in [0.3, 0.4) is 0 Å². The Bertz CT molecular complexity index is 89.5. The predicted molar refractivity (Wildman–Crippen MR) is 21.9 cm³/mol. The van der Waals surface area contributed by atoms with Gasteiger partial charge in [0.1, 0.15) is 0 Å². The van der Waals surface area contributed by atoms with E-state index >= 15 is 0 Å². The fraction of sp³-hybridized carbons (Fsp3) is 0.667. The van der Waals surface area contributed by atoms with Crippen LogP contribution < -0.4 is 5.73 Å². The molecule has 2 N–H and O–H groups in total. The predicted octanol–water partition coefficient (Wildman–Crippen LogP) is 0.0807. The van der Waals surface area contributed by atoms with E-state index in [1.807, 2.05) is 0 Å². The van der Waals surface area contributed by atoms with Crippen molar-refractivity contribution in [1.29, 1.82) is 0 Å². The summed E-state index contributed by atoms with van der Waals surface area (Å²) in [5, 5.41) is 8.25. The first-order valence-electron chi connectivity index (χ1n) is 1.72. The first-order chi connectivity index (χ1) is 3.94. The van der Waals surface area contributed by atoms with Crippen LogP contribution in [-0.4, -0.2) is 19.2 Å². The van der Waals surface area contributed by atoms with Crippen molar-refractivity contribution in [2.75, 3.05) is 7.11 Å². The zero-order valence-corrected chi connectivity index (χ0v) is 4.53. The molecule has 3 nitrogen and oxygen atoms in total. The highest BCUT2D eigenvalue weighted by molar-refractivity contribution is 5.79. The molecule has 55 valence electrons. The Morgan fingerprint density at radius 1 is 1.33 bits per heavy atom. The van der Waals surface area contributed by atoms with Crippen molar-refractivity contribution in [2.24, 2.45) is 5.73 Å². The molecular formula is C3H5F3NO2. The molecule has 0 unspecified atom stereocenters. The third kappa shape index (κ3) is 7.22. The van der Waals surface area contributed by atoms with Gasteiger partial charge in [-0.15, -0.1) is 0 Å². The molecule has 0 rings (SSSR count). The van der Waals surface area contributed by atoms with Gasteiger partial charge >= 0.3 is 12.1 Å². The lowest BCUT2D eigenvalue weighted by atomic mass is 10.6. The van der Waals surface area contributed by atoms with Crippen molar-refractivity contribution >= 4 is 5.91 Å². The Hall–Kier alpha value is -0.780. The smallest absolute Gasteiger partial charge is 0.362 e. The average Bonchev–Trinajstić information content (AvgIpc) is 1.69. The molecule has 1 amide bonds. The van der Waals surface area contributed by atoms with Crippen LogP contribution in [0.4, 0.5) is 13.2 Å². The monoisotopic (exact) mass is 144 g/mol. The number of hydrogen-bond acceptors (Lipinski definition) is 1. The average molecular weight is 144 g/mol. The molecule has 6 heteroatoms. The first-order valence-corrected chi connectivity index (χ1v) is 1.72. The Kier molecular flexibility index (Phi) is 5.09. The Balaban J connectivity index is 0. The number of primary amides is 1. The number of carbonyl (C=O) groups excluding carboxylic acids is 1. The molecule has 0 aliphatic carbocycles. The van der Waals surface area contributed by atoms with E-state index in [2.05, 4.69) is 5.73 Å². The van der Waals surface area contributed by atoms with Crippen molar-refractivity contribution in [1.82, 2.24) is 0 Å². The molecule has 0 spiro atoms. The summed E-state index contributed by atoms with van der Waals surface area (Å²) in [6.45, 7) is 0. The zero-order valence-electron chi connectivity index (χ0n) is 4.53. The summed E-state index contributed by atoms with van der Waals surface area (Å²) >= 11 is 0. The van der Waals surface area contributed by atoms with Gasteiger partial charge in [0.15, 0.2) is 0 Å². The minimum absolute atomic E-state index is 0.750. The molecule has 0 atom stereocenters. The molecular weight excluding hydrogens is 139 g/mol. The number of alkyl halides is 3. The summed E-state index contributed by atoms with van der Waals surface area (Å²) < 4.78 is 32.1. The first kappa shape index (κ1) is 11.1. The molecule has 0 aromatic carbocycles. The van der Waals surface area contributed by atoms with E-state index in [1.165, 1.54) is 0 Å². The van der Waals surface area contributed by atoms with Gasteiger partial charge < -0.3 is 5.73 Å². The number of hydrogen-bond donors (Lipinski definition) is 1. The topological polar surface area (TPSA) is 63.0 Å². The molecule has 0 aromatic rings. The van der Waals surface area contributed by atoms with E-state index in [0.717, 1.165) is 7.11 Å². The third-order valence-corrected chi connectivity index (χ3v) is 0.279. The van der Waals surface area contributed by atoms with Crippen LogP contribution in [-0.2, 0) is 9.90 Å². The summed E-state index contributed by atoms with van der Waals surface area (Å²) in [6, 6.07) is 0. The number of rotatable bonds is 0. The van der Waals surface area contributed by atoms with Gasteiger partial charge in [-0.25, -0.2) is 5.11 Å². The van der Waals surface area contributed by atoms with Gasteiger partial charge in [-0.2, -0.15) is 13.2 Å². The van der Waals surface area contributed by atoms with Crippen LogP contribution >= 0.6 is 0 Å². The van der Waals surface area contributed by atoms with E-state index in [1.54, 1.807) is 0 Å². The largest absolute Gasteiger partial charge is 0.470 e. The van der Waals surface area contributed by atoms with Crippen LogP contribution in [0, 0.1) is 0 Å². The van der Waals surface area contributed by atoms with Crippen LogP contribution in [0.25, 0.3) is 0 Å². The molecule has 0 aromatic heterocycles. The highest BCUT2D eigenvalue weighted by Gasteiger charge is 2.35. The molecule has 9 heavy (non-hydrogen) atoms. The summed E-state index contributed by atoms with van der Waals surface area (Å²) in [6.07, 6.45) is -4.86. The highest BCUT2D eigenvalue weighted by Crippen LogP contribution is 2.11. The lowest BCUT2D eigenvalue weighted by Crippen LogP contribution is -2.30. The van der Waals surface area contributed by atoms with Gasteiger partial charge in [-0.3, -0.25) is 4.79 Å². The lowest BCUT2D eigenvalue weighted by molar-refractivity contribution is -0.169. The standard InChI is InChI=1S/C2H2F3NO.CH3O/c3-2(4,5)1(6)7;1-2/h(H2,6,7);1H3. The SMILES string of the molecule is C[O].NC(=O)C(F)(F)F. The quantitative estimate of drug-likeness (QED) is 0.514. The van der Waals surface area contributed by atoms with Crippen molar-refractivity contribution in [2.45, 2.75) is 6.18 Å². The van der Waals surface area contributed by atoms with Gasteiger partial charge in [0.25, 0.3) is 0 Å². The van der Waals surface area contributed by atoms with E-state index < -0.39 is 12.1 Å². The zero-order chi connectivity index (χ0) is 8.08. The summed E-state index contributed by atoms with van der Waals surface area (Å²) in [5.74, 6) is -2.26. The Morgan fingerprint density at radius 2 is 1.44 bits per heavy atom. The minimum atomic E-state index is -4.86. The molecule has 0 bridgehead atoms. The van der Waals surface area contributed by atoms with Crippen molar-refractivity contribution < 1.29 is 23.1 Å². The summed E-state index contributed by atoms with van der Waals surface area (Å²) in [4.78, 5) is 9.12. The second-order valence-corrected chi connectivity index (χ2v) is 0.862. The summed E-state index contributed by atoms with van der Waals surface area (Å²) in [7, 11) is 0.750. The van der Waals surface area contributed by atoms with Gasteiger partial charge in [-0.05, 0) is 0 Å². The second kappa shape index (κ2) is 4.13. The third-order valence-electron chi connectivity index (χ3n) is 0.279. The Morgan fingerprint density at radius 3 is 1.44 bits per heavy atom. The fourth-order valence-corrected chi connectivity index (χ4v) is 0. The van der Waals surface area contributed by atoms with Crippen LogP contribution in [0.2, 0.25) is 0 Å². The number of halogens is 3. The molecule has 0 saturated heterocycles. The molecule has 0 saturated carbocycles.